The first-order valence-electron chi connectivity index (χ1n) is 1.59. The Morgan fingerprint density at radius 1 is 1.83 bits per heavy atom. The second kappa shape index (κ2) is 3.05. The van der Waals surface area contributed by atoms with E-state index in [2.05, 4.69) is 0 Å². The average molecular weight is 92.1 g/mol. The lowest BCUT2D eigenvalue weighted by atomic mass is 10.6. The van der Waals surface area contributed by atoms with Gasteiger partial charge >= 0.3 is 0 Å². The van der Waals surface area contributed by atoms with E-state index in [1.165, 1.54) is 0 Å². The Bertz CT molecular complexity index is 28.7. The van der Waals surface area contributed by atoms with Gasteiger partial charge in [0.05, 0.1) is 0 Å². The fraction of sp³-hybridized carbons (Fsp3) is 1.00. The van der Waals surface area contributed by atoms with E-state index >= 15 is 0 Å². The van der Waals surface area contributed by atoms with Gasteiger partial charge in [-0.3, -0.25) is 0 Å². The molecule has 0 spiro atoms. The van der Waals surface area contributed by atoms with E-state index in [1.54, 1.807) is 5.48 Å². The fourth-order valence-electron chi connectivity index (χ4n) is 0.0527. The maximum atomic E-state index is 8.18. The van der Waals surface area contributed by atoms with Gasteiger partial charge in [0, 0.05) is 6.54 Å². The van der Waals surface area contributed by atoms with Crippen LogP contribution in [0.1, 0.15) is 0 Å². The van der Waals surface area contributed by atoms with E-state index in [0.29, 0.717) is 0 Å². The van der Waals surface area contributed by atoms with E-state index in [9.17, 15) is 0 Å². The third kappa shape index (κ3) is 2.10. The molecule has 5 N–H and O–H groups in total. The molecule has 38 valence electrons. The van der Waals surface area contributed by atoms with Gasteiger partial charge in [0.25, 0.3) is 0 Å². The number of aliphatic hydroxyl groups is 1. The van der Waals surface area contributed by atoms with Crippen molar-refractivity contribution in [2.75, 3.05) is 6.54 Å². The van der Waals surface area contributed by atoms with Crippen LogP contribution in [0.5, 0.6) is 0 Å². The molecule has 0 rings (SSSR count). The van der Waals surface area contributed by atoms with Crippen LogP contribution in [0, 0.1) is 0 Å². The highest BCUT2D eigenvalue weighted by molar-refractivity contribution is 4.39. The van der Waals surface area contributed by atoms with Gasteiger partial charge < -0.3 is 16.0 Å². The summed E-state index contributed by atoms with van der Waals surface area (Å²) in [6.45, 7) is 0.0243. The first kappa shape index (κ1) is 5.84. The number of hydroxylamine groups is 1. The van der Waals surface area contributed by atoms with Crippen molar-refractivity contribution in [3.63, 3.8) is 0 Å². The van der Waals surface area contributed by atoms with Crippen LogP contribution in [0.15, 0.2) is 0 Å². The average Bonchev–Trinajstić information content (AvgIpc) is 1.65. The molecule has 0 saturated heterocycles. The molecule has 4 heteroatoms. The Labute approximate surface area is 35.5 Å². The fourth-order valence-corrected chi connectivity index (χ4v) is 0.0527. The second-order valence-electron chi connectivity index (χ2n) is 0.881. The maximum absolute atomic E-state index is 8.18. The molecule has 0 aliphatic rings. The molecule has 0 saturated carbocycles. The minimum Gasteiger partial charge on any atom is -0.375 e. The van der Waals surface area contributed by atoms with E-state index in [-0.39, 0.29) is 6.54 Å². The molecule has 0 radical (unpaired) electrons. The zero-order valence-electron chi connectivity index (χ0n) is 3.26. The van der Waals surface area contributed by atoms with Crippen LogP contribution in [-0.4, -0.2) is 23.1 Å². The monoisotopic (exact) mass is 92.1 g/mol. The van der Waals surface area contributed by atoms with Crippen LogP contribution in [0.3, 0.4) is 0 Å². The Kier molecular flexibility index (Phi) is 2.97. The van der Waals surface area contributed by atoms with E-state index in [1.807, 2.05) is 0 Å². The summed E-state index contributed by atoms with van der Waals surface area (Å²) in [7, 11) is 0. The highest BCUT2D eigenvalue weighted by atomic mass is 16.5. The van der Waals surface area contributed by atoms with Crippen LogP contribution in [0.2, 0.25) is 0 Å². The van der Waals surface area contributed by atoms with E-state index < -0.39 is 6.23 Å². The van der Waals surface area contributed by atoms with Crippen molar-refractivity contribution in [1.82, 2.24) is 5.48 Å². The van der Waals surface area contributed by atoms with Crippen LogP contribution in [0.4, 0.5) is 0 Å². The zero-order valence-corrected chi connectivity index (χ0v) is 3.26. The standard InChI is InChI=1S/C2H8N2O2/c3-1-2(5)4-6/h2,4-6H,1,3H2. The summed E-state index contributed by atoms with van der Waals surface area (Å²) < 4.78 is 0. The number of aliphatic hydroxyl groups excluding tert-OH is 1. The van der Waals surface area contributed by atoms with Crippen LogP contribution >= 0.6 is 0 Å². The molecule has 0 amide bonds. The molecule has 0 heterocycles. The van der Waals surface area contributed by atoms with Crippen molar-refractivity contribution in [2.45, 2.75) is 6.23 Å². The Hall–Kier alpha value is -0.160. The van der Waals surface area contributed by atoms with Gasteiger partial charge in [0.15, 0.2) is 0 Å². The molecule has 6 heavy (non-hydrogen) atoms. The maximum Gasteiger partial charge on any atom is 0.138 e. The summed E-state index contributed by atoms with van der Waals surface area (Å²) in [6.07, 6.45) is -0.981. The first-order valence-corrected chi connectivity index (χ1v) is 1.59. The minimum atomic E-state index is -0.981. The number of nitrogens with two attached hydrogens (primary N) is 1. The molecule has 0 aromatic carbocycles. The molecule has 0 bridgehead atoms. The van der Waals surface area contributed by atoms with E-state index in [0.717, 1.165) is 0 Å². The highest BCUT2D eigenvalue weighted by Gasteiger charge is 1.90. The summed E-state index contributed by atoms with van der Waals surface area (Å²) in [5.41, 5.74) is 6.36. The minimum absolute atomic E-state index is 0.0243. The molecular weight excluding hydrogens is 84.0 g/mol. The number of hydrogen-bond acceptors (Lipinski definition) is 4. The molecule has 4 nitrogen and oxygen atoms in total. The highest BCUT2D eigenvalue weighted by Crippen LogP contribution is 1.60. The van der Waals surface area contributed by atoms with Crippen LogP contribution in [0.25, 0.3) is 0 Å². The summed E-state index contributed by atoms with van der Waals surface area (Å²) in [5, 5.41) is 15.9. The van der Waals surface area contributed by atoms with E-state index in [4.69, 9.17) is 16.0 Å². The van der Waals surface area contributed by atoms with Gasteiger partial charge in [-0.1, -0.05) is 0 Å². The van der Waals surface area contributed by atoms with Crippen molar-refractivity contribution in [3.05, 3.63) is 0 Å². The topological polar surface area (TPSA) is 78.5 Å². The number of rotatable bonds is 2. The van der Waals surface area contributed by atoms with Gasteiger partial charge in [-0.2, -0.15) is 5.48 Å². The molecular formula is C2H8N2O2. The largest absolute Gasteiger partial charge is 0.375 e. The van der Waals surface area contributed by atoms with Crippen molar-refractivity contribution < 1.29 is 10.3 Å². The smallest absolute Gasteiger partial charge is 0.138 e. The molecule has 0 fully saturated rings. The van der Waals surface area contributed by atoms with Crippen molar-refractivity contribution in [3.8, 4) is 0 Å². The SMILES string of the molecule is NCC(O)NO. The van der Waals surface area contributed by atoms with Gasteiger partial charge in [-0.15, -0.1) is 0 Å². The summed E-state index contributed by atoms with van der Waals surface area (Å²) in [5.74, 6) is 0. The van der Waals surface area contributed by atoms with Gasteiger partial charge in [-0.25, -0.2) is 0 Å². The third-order valence-electron chi connectivity index (χ3n) is 0.372. The molecule has 0 aromatic rings. The lowest BCUT2D eigenvalue weighted by molar-refractivity contribution is 0.00815. The predicted octanol–water partition coefficient (Wildman–Crippen LogP) is -1.76. The van der Waals surface area contributed by atoms with Crippen molar-refractivity contribution >= 4 is 0 Å². The summed E-state index contributed by atoms with van der Waals surface area (Å²) in [4.78, 5) is 0. The van der Waals surface area contributed by atoms with Gasteiger partial charge in [0.2, 0.25) is 0 Å². The summed E-state index contributed by atoms with van der Waals surface area (Å²) >= 11 is 0. The Morgan fingerprint density at radius 2 is 2.33 bits per heavy atom. The predicted molar refractivity (Wildman–Crippen MR) is 20.0 cm³/mol. The molecule has 1 atom stereocenters. The second-order valence-corrected chi connectivity index (χ2v) is 0.881. The van der Waals surface area contributed by atoms with Crippen LogP contribution < -0.4 is 11.2 Å². The van der Waals surface area contributed by atoms with Crippen LogP contribution in [-0.2, 0) is 0 Å². The Balaban J connectivity index is 2.75. The molecule has 0 aliphatic carbocycles. The van der Waals surface area contributed by atoms with Crippen molar-refractivity contribution in [2.24, 2.45) is 5.73 Å². The number of hydrogen-bond donors (Lipinski definition) is 4. The lowest BCUT2D eigenvalue weighted by Crippen LogP contribution is -2.32. The Morgan fingerprint density at radius 3 is 2.33 bits per heavy atom. The first-order chi connectivity index (χ1) is 2.81. The quantitative estimate of drug-likeness (QED) is 0.240. The molecule has 0 aromatic heterocycles. The molecule has 1 unspecified atom stereocenters. The van der Waals surface area contributed by atoms with Crippen molar-refractivity contribution in [1.29, 1.82) is 0 Å². The zero-order chi connectivity index (χ0) is 4.99. The lowest BCUT2D eigenvalue weighted by Gasteiger charge is -1.99. The number of nitrogens with one attached hydrogen (secondary N) is 1. The third-order valence-corrected chi connectivity index (χ3v) is 0.372. The normalized spacial score (nSPS) is 14.5. The summed E-state index contributed by atoms with van der Waals surface area (Å²) in [6, 6.07) is 0. The van der Waals surface area contributed by atoms with Gasteiger partial charge in [0.1, 0.15) is 6.23 Å². The van der Waals surface area contributed by atoms with Gasteiger partial charge in [-0.05, 0) is 0 Å². The molecule has 0 aliphatic heterocycles.